The number of nitrogens with zero attached hydrogens (tertiary/aromatic N) is 3. The van der Waals surface area contributed by atoms with Gasteiger partial charge in [-0.15, -0.1) is 0 Å². The van der Waals surface area contributed by atoms with Crippen LogP contribution < -0.4 is 10.2 Å². The van der Waals surface area contributed by atoms with Gasteiger partial charge in [-0.2, -0.15) is 0 Å². The van der Waals surface area contributed by atoms with Gasteiger partial charge in [-0.3, -0.25) is 4.79 Å². The van der Waals surface area contributed by atoms with Gasteiger partial charge in [0.15, 0.2) is 5.82 Å². The van der Waals surface area contributed by atoms with Crippen LogP contribution in [0.15, 0.2) is 30.3 Å². The Hall–Kier alpha value is -2.43. The molecule has 0 unspecified atom stereocenters. The number of hydrogen-bond acceptors (Lipinski definition) is 4. The third-order valence-electron chi connectivity index (χ3n) is 6.26. The van der Waals surface area contributed by atoms with Crippen LogP contribution in [0.25, 0.3) is 11.4 Å². The largest absolute Gasteiger partial charge is 0.356 e. The Labute approximate surface area is 153 Å². The van der Waals surface area contributed by atoms with Gasteiger partial charge in [0.1, 0.15) is 5.82 Å². The lowest BCUT2D eigenvalue weighted by Crippen LogP contribution is -2.42. The molecule has 3 aliphatic rings. The maximum absolute atomic E-state index is 11.7. The standard InChI is InChI=1S/C21H24N4O/c26-18-13-21(14-22-18)9-11-25(12-10-21)20-16-7-4-8-17(16)23-19(24-20)15-5-2-1-3-6-15/h1-3,5-6H,4,7-14H2,(H,22,26). The summed E-state index contributed by atoms with van der Waals surface area (Å²) in [6.07, 6.45) is 6.13. The van der Waals surface area contributed by atoms with Crippen molar-refractivity contribution in [2.24, 2.45) is 5.41 Å². The van der Waals surface area contributed by atoms with E-state index in [1.54, 1.807) is 0 Å². The van der Waals surface area contributed by atoms with Crippen molar-refractivity contribution in [1.82, 2.24) is 15.3 Å². The first-order valence-corrected chi connectivity index (χ1v) is 9.69. The molecule has 2 saturated heterocycles. The SMILES string of the molecule is O=C1CC2(CCN(c3nc(-c4ccccc4)nc4c3CCC4)CC2)CN1. The summed E-state index contributed by atoms with van der Waals surface area (Å²) in [5, 5.41) is 3.02. The van der Waals surface area contributed by atoms with Crippen molar-refractivity contribution in [2.45, 2.75) is 38.5 Å². The number of nitrogens with one attached hydrogen (secondary N) is 1. The molecule has 2 aromatic rings. The Morgan fingerprint density at radius 2 is 1.85 bits per heavy atom. The zero-order valence-electron chi connectivity index (χ0n) is 15.0. The predicted octanol–water partition coefficient (Wildman–Crippen LogP) is 2.74. The van der Waals surface area contributed by atoms with Crippen LogP contribution in [-0.4, -0.2) is 35.5 Å². The number of aryl methyl sites for hydroxylation is 1. The quantitative estimate of drug-likeness (QED) is 0.907. The number of hydrogen-bond donors (Lipinski definition) is 1. The molecule has 1 amide bonds. The highest BCUT2D eigenvalue weighted by Gasteiger charge is 2.41. The second-order valence-corrected chi connectivity index (χ2v) is 7.96. The number of carbonyl (C=O) groups is 1. The van der Waals surface area contributed by atoms with Gasteiger partial charge >= 0.3 is 0 Å². The van der Waals surface area contributed by atoms with Crippen LogP contribution in [0.4, 0.5) is 5.82 Å². The van der Waals surface area contributed by atoms with E-state index in [9.17, 15) is 4.79 Å². The smallest absolute Gasteiger partial charge is 0.220 e. The molecule has 1 aromatic heterocycles. The van der Waals surface area contributed by atoms with E-state index < -0.39 is 0 Å². The van der Waals surface area contributed by atoms with Gasteiger partial charge < -0.3 is 10.2 Å². The molecule has 0 bridgehead atoms. The molecule has 0 saturated carbocycles. The van der Waals surface area contributed by atoms with E-state index in [1.807, 2.05) is 18.2 Å². The molecule has 1 N–H and O–H groups in total. The van der Waals surface area contributed by atoms with Crippen molar-refractivity contribution in [3.8, 4) is 11.4 Å². The summed E-state index contributed by atoms with van der Waals surface area (Å²) in [5.41, 5.74) is 3.84. The summed E-state index contributed by atoms with van der Waals surface area (Å²) >= 11 is 0. The monoisotopic (exact) mass is 348 g/mol. The van der Waals surface area contributed by atoms with Gasteiger partial charge in [0.25, 0.3) is 0 Å². The van der Waals surface area contributed by atoms with Crippen molar-refractivity contribution >= 4 is 11.7 Å². The third kappa shape index (κ3) is 2.66. The first-order valence-electron chi connectivity index (χ1n) is 9.69. The van der Waals surface area contributed by atoms with Gasteiger partial charge in [0.2, 0.25) is 5.91 Å². The van der Waals surface area contributed by atoms with Crippen LogP contribution in [0.5, 0.6) is 0 Å². The van der Waals surface area contributed by atoms with Crippen LogP contribution in [0.2, 0.25) is 0 Å². The van der Waals surface area contributed by atoms with Crippen LogP contribution in [0, 0.1) is 5.41 Å². The molecule has 5 heteroatoms. The lowest BCUT2D eigenvalue weighted by Gasteiger charge is -2.39. The Morgan fingerprint density at radius 3 is 2.58 bits per heavy atom. The van der Waals surface area contributed by atoms with E-state index in [1.165, 1.54) is 17.7 Å². The van der Waals surface area contributed by atoms with Crippen molar-refractivity contribution in [1.29, 1.82) is 0 Å². The normalized spacial score (nSPS) is 21.1. The molecule has 1 aromatic carbocycles. The number of carbonyl (C=O) groups excluding carboxylic acids is 1. The second-order valence-electron chi connectivity index (χ2n) is 7.96. The Kier molecular flexibility index (Phi) is 3.69. The summed E-state index contributed by atoms with van der Waals surface area (Å²) in [6, 6.07) is 10.3. The maximum atomic E-state index is 11.7. The summed E-state index contributed by atoms with van der Waals surface area (Å²) < 4.78 is 0. The Bertz CT molecular complexity index is 841. The molecule has 134 valence electrons. The maximum Gasteiger partial charge on any atom is 0.220 e. The minimum absolute atomic E-state index is 0.173. The third-order valence-corrected chi connectivity index (χ3v) is 6.26. The zero-order valence-corrected chi connectivity index (χ0v) is 15.0. The van der Waals surface area contributed by atoms with Gasteiger partial charge in [-0.25, -0.2) is 9.97 Å². The van der Waals surface area contributed by atoms with E-state index in [4.69, 9.17) is 9.97 Å². The first kappa shape index (κ1) is 15.8. The van der Waals surface area contributed by atoms with Gasteiger partial charge in [-0.1, -0.05) is 30.3 Å². The van der Waals surface area contributed by atoms with Gasteiger partial charge in [-0.05, 0) is 37.5 Å². The number of fused-ring (bicyclic) bond motifs is 1. The molecule has 0 radical (unpaired) electrons. The van der Waals surface area contributed by atoms with Crippen molar-refractivity contribution in [3.63, 3.8) is 0 Å². The number of rotatable bonds is 2. The lowest BCUT2D eigenvalue weighted by molar-refractivity contribution is -0.119. The van der Waals surface area contributed by atoms with Crippen molar-refractivity contribution < 1.29 is 4.79 Å². The molecule has 26 heavy (non-hydrogen) atoms. The first-order chi connectivity index (χ1) is 12.7. The number of benzene rings is 1. The van der Waals surface area contributed by atoms with E-state index in [0.29, 0.717) is 6.42 Å². The molecule has 0 atom stereocenters. The van der Waals surface area contributed by atoms with Crippen LogP contribution in [0.3, 0.4) is 0 Å². The number of amides is 1. The Balaban J connectivity index is 1.46. The fraction of sp³-hybridized carbons (Fsp3) is 0.476. The molecule has 3 heterocycles. The average molecular weight is 348 g/mol. The summed E-state index contributed by atoms with van der Waals surface area (Å²) in [5.74, 6) is 2.20. The average Bonchev–Trinajstić information content (AvgIpc) is 3.29. The fourth-order valence-corrected chi connectivity index (χ4v) is 4.69. The van der Waals surface area contributed by atoms with E-state index in [0.717, 1.165) is 62.5 Å². The molecule has 2 aliphatic heterocycles. The van der Waals surface area contributed by atoms with Crippen LogP contribution in [0.1, 0.15) is 36.9 Å². The van der Waals surface area contributed by atoms with Crippen LogP contribution in [-0.2, 0) is 17.6 Å². The molecule has 5 nitrogen and oxygen atoms in total. The number of aromatic nitrogens is 2. The predicted molar refractivity (Wildman–Crippen MR) is 101 cm³/mol. The van der Waals surface area contributed by atoms with Crippen molar-refractivity contribution in [3.05, 3.63) is 41.6 Å². The minimum Gasteiger partial charge on any atom is -0.356 e. The zero-order chi connectivity index (χ0) is 17.6. The topological polar surface area (TPSA) is 58.1 Å². The summed E-state index contributed by atoms with van der Waals surface area (Å²) in [7, 11) is 0. The Morgan fingerprint density at radius 1 is 1.04 bits per heavy atom. The lowest BCUT2D eigenvalue weighted by atomic mass is 9.77. The highest BCUT2D eigenvalue weighted by Crippen LogP contribution is 2.40. The summed E-state index contributed by atoms with van der Waals surface area (Å²) in [4.78, 5) is 24.0. The summed E-state index contributed by atoms with van der Waals surface area (Å²) in [6.45, 7) is 2.80. The molecule has 1 aliphatic carbocycles. The highest BCUT2D eigenvalue weighted by atomic mass is 16.1. The fourth-order valence-electron chi connectivity index (χ4n) is 4.69. The van der Waals surface area contributed by atoms with E-state index in [-0.39, 0.29) is 11.3 Å². The van der Waals surface area contributed by atoms with Gasteiger partial charge in [0, 0.05) is 42.9 Å². The molecule has 1 spiro atoms. The molecule has 2 fully saturated rings. The number of anilines is 1. The van der Waals surface area contributed by atoms with E-state index in [2.05, 4.69) is 22.3 Å². The highest BCUT2D eigenvalue weighted by molar-refractivity contribution is 5.79. The molecular weight excluding hydrogens is 324 g/mol. The second kappa shape index (κ2) is 6.08. The molecule has 5 rings (SSSR count). The van der Waals surface area contributed by atoms with E-state index >= 15 is 0 Å². The molecular formula is C21H24N4O. The van der Waals surface area contributed by atoms with Crippen LogP contribution >= 0.6 is 0 Å². The number of piperidine rings is 1. The minimum atomic E-state index is 0.173. The van der Waals surface area contributed by atoms with Gasteiger partial charge in [0.05, 0.1) is 0 Å². The van der Waals surface area contributed by atoms with Crippen molar-refractivity contribution in [2.75, 3.05) is 24.5 Å².